The van der Waals surface area contributed by atoms with Gasteiger partial charge >= 0.3 is 0 Å². The van der Waals surface area contributed by atoms with E-state index in [-0.39, 0.29) is 23.8 Å². The Kier molecular flexibility index (Phi) is 7.87. The van der Waals surface area contributed by atoms with Crippen LogP contribution in [0.5, 0.6) is 11.5 Å². The van der Waals surface area contributed by atoms with Gasteiger partial charge in [-0.15, -0.1) is 0 Å². The van der Waals surface area contributed by atoms with Crippen LogP contribution < -0.4 is 14.8 Å². The van der Waals surface area contributed by atoms with Crippen molar-refractivity contribution in [3.05, 3.63) is 59.2 Å². The molecule has 0 aliphatic carbocycles. The minimum absolute atomic E-state index is 0.0415. The first-order chi connectivity index (χ1) is 13.3. The number of methoxy groups -OCH3 is 2. The van der Waals surface area contributed by atoms with Crippen molar-refractivity contribution in [3.8, 4) is 11.5 Å². The molecule has 1 amide bonds. The van der Waals surface area contributed by atoms with Crippen LogP contribution in [0.25, 0.3) is 0 Å². The molecule has 0 aromatic heterocycles. The lowest BCUT2D eigenvalue weighted by Crippen LogP contribution is -2.27. The van der Waals surface area contributed by atoms with E-state index in [1.807, 2.05) is 43.3 Å². The Morgan fingerprint density at radius 3 is 2.43 bits per heavy atom. The van der Waals surface area contributed by atoms with Crippen LogP contribution in [0.2, 0.25) is 0 Å². The SMILES string of the molecule is COc1ccc(CCNC(=O)CCS(=O)(=O)Cc2ccccc2C)cc1OC. The first-order valence-electron chi connectivity index (χ1n) is 9.07. The summed E-state index contributed by atoms with van der Waals surface area (Å²) in [4.78, 5) is 12.0. The number of ether oxygens (including phenoxy) is 2. The lowest BCUT2D eigenvalue weighted by molar-refractivity contribution is -0.120. The van der Waals surface area contributed by atoms with Crippen molar-refractivity contribution in [3.63, 3.8) is 0 Å². The molecule has 0 heterocycles. The Labute approximate surface area is 166 Å². The lowest BCUT2D eigenvalue weighted by atomic mass is 10.1. The van der Waals surface area contributed by atoms with E-state index in [9.17, 15) is 13.2 Å². The van der Waals surface area contributed by atoms with Gasteiger partial charge in [0.25, 0.3) is 0 Å². The van der Waals surface area contributed by atoms with Crippen molar-refractivity contribution in [2.75, 3.05) is 26.5 Å². The second kappa shape index (κ2) is 10.1. The highest BCUT2D eigenvalue weighted by Crippen LogP contribution is 2.27. The van der Waals surface area contributed by atoms with Gasteiger partial charge in [-0.25, -0.2) is 8.42 Å². The van der Waals surface area contributed by atoms with E-state index < -0.39 is 9.84 Å². The molecule has 7 heteroatoms. The maximum atomic E-state index is 12.3. The van der Waals surface area contributed by atoms with Crippen molar-refractivity contribution in [2.24, 2.45) is 0 Å². The molecular formula is C21H27NO5S. The van der Waals surface area contributed by atoms with Crippen molar-refractivity contribution in [2.45, 2.75) is 25.5 Å². The molecule has 2 rings (SSSR count). The molecule has 0 aliphatic rings. The zero-order chi connectivity index (χ0) is 20.6. The van der Waals surface area contributed by atoms with Gasteiger partial charge in [-0.3, -0.25) is 4.79 Å². The molecule has 6 nitrogen and oxygen atoms in total. The Morgan fingerprint density at radius 2 is 1.75 bits per heavy atom. The monoisotopic (exact) mass is 405 g/mol. The van der Waals surface area contributed by atoms with Crippen molar-refractivity contribution in [1.82, 2.24) is 5.32 Å². The van der Waals surface area contributed by atoms with Gasteiger partial charge in [-0.1, -0.05) is 30.3 Å². The third-order valence-corrected chi connectivity index (χ3v) is 6.04. The van der Waals surface area contributed by atoms with Gasteiger partial charge in [0.05, 0.1) is 25.7 Å². The van der Waals surface area contributed by atoms with Crippen LogP contribution in [0.3, 0.4) is 0 Å². The number of carbonyl (C=O) groups is 1. The number of rotatable bonds is 10. The zero-order valence-electron chi connectivity index (χ0n) is 16.5. The van der Waals surface area contributed by atoms with Crippen LogP contribution in [0.4, 0.5) is 0 Å². The third-order valence-electron chi connectivity index (χ3n) is 4.46. The topological polar surface area (TPSA) is 81.7 Å². The van der Waals surface area contributed by atoms with Crippen molar-refractivity contribution in [1.29, 1.82) is 0 Å². The number of hydrogen-bond acceptors (Lipinski definition) is 5. The largest absolute Gasteiger partial charge is 0.493 e. The Morgan fingerprint density at radius 1 is 1.04 bits per heavy atom. The van der Waals surface area contributed by atoms with Crippen molar-refractivity contribution >= 4 is 15.7 Å². The van der Waals surface area contributed by atoms with Gasteiger partial charge in [0.1, 0.15) is 0 Å². The predicted molar refractivity (Wildman–Crippen MR) is 110 cm³/mol. The van der Waals surface area contributed by atoms with Crippen LogP contribution in [0.1, 0.15) is 23.1 Å². The van der Waals surface area contributed by atoms with Crippen LogP contribution >= 0.6 is 0 Å². The van der Waals surface area contributed by atoms with E-state index in [0.29, 0.717) is 24.5 Å². The highest BCUT2D eigenvalue weighted by atomic mass is 32.2. The molecule has 0 saturated carbocycles. The normalized spacial score (nSPS) is 11.1. The molecule has 0 bridgehead atoms. The van der Waals surface area contributed by atoms with Gasteiger partial charge < -0.3 is 14.8 Å². The smallest absolute Gasteiger partial charge is 0.221 e. The molecule has 0 fully saturated rings. The van der Waals surface area contributed by atoms with Gasteiger partial charge in [0.2, 0.25) is 5.91 Å². The van der Waals surface area contributed by atoms with Gasteiger partial charge in [-0.2, -0.15) is 0 Å². The molecule has 0 spiro atoms. The van der Waals surface area contributed by atoms with Crippen LogP contribution in [-0.4, -0.2) is 40.8 Å². The second-order valence-electron chi connectivity index (χ2n) is 6.56. The molecule has 0 unspecified atom stereocenters. The van der Waals surface area contributed by atoms with Gasteiger partial charge in [0.15, 0.2) is 21.3 Å². The number of nitrogens with one attached hydrogen (secondary N) is 1. The quantitative estimate of drug-likeness (QED) is 0.657. The maximum Gasteiger partial charge on any atom is 0.221 e. The van der Waals surface area contributed by atoms with E-state index >= 15 is 0 Å². The number of hydrogen-bond donors (Lipinski definition) is 1. The summed E-state index contributed by atoms with van der Waals surface area (Å²) >= 11 is 0. The Bertz CT molecular complexity index is 909. The summed E-state index contributed by atoms with van der Waals surface area (Å²) in [6.07, 6.45) is 0.572. The summed E-state index contributed by atoms with van der Waals surface area (Å²) in [6, 6.07) is 12.9. The molecular weight excluding hydrogens is 378 g/mol. The molecule has 152 valence electrons. The molecule has 2 aromatic carbocycles. The van der Waals surface area contributed by atoms with E-state index in [4.69, 9.17) is 9.47 Å². The number of sulfone groups is 1. The summed E-state index contributed by atoms with van der Waals surface area (Å²) in [6.45, 7) is 2.30. The van der Waals surface area contributed by atoms with Gasteiger partial charge in [-0.05, 0) is 42.2 Å². The molecule has 2 aromatic rings. The molecule has 1 N–H and O–H groups in total. The van der Waals surface area contributed by atoms with E-state index in [1.54, 1.807) is 20.3 Å². The summed E-state index contributed by atoms with van der Waals surface area (Å²) in [5.74, 6) is 0.805. The summed E-state index contributed by atoms with van der Waals surface area (Å²) in [7, 11) is -0.193. The molecule has 0 saturated heterocycles. The second-order valence-corrected chi connectivity index (χ2v) is 8.74. The fourth-order valence-corrected chi connectivity index (χ4v) is 4.24. The number of amides is 1. The lowest BCUT2D eigenvalue weighted by Gasteiger charge is -2.10. The Balaban J connectivity index is 1.79. The van der Waals surface area contributed by atoms with Crippen LogP contribution in [-0.2, 0) is 26.8 Å². The van der Waals surface area contributed by atoms with E-state index in [0.717, 1.165) is 16.7 Å². The summed E-state index contributed by atoms with van der Waals surface area (Å²) in [5.41, 5.74) is 2.70. The molecule has 28 heavy (non-hydrogen) atoms. The average Bonchev–Trinajstić information content (AvgIpc) is 2.68. The minimum atomic E-state index is -3.34. The average molecular weight is 406 g/mol. The standard InChI is InChI=1S/C21H27NO5S/c1-16-6-4-5-7-18(16)15-28(24,25)13-11-21(23)22-12-10-17-8-9-19(26-2)20(14-17)27-3/h4-9,14H,10-13,15H2,1-3H3,(H,22,23). The first-order valence-corrected chi connectivity index (χ1v) is 10.9. The molecule has 0 radical (unpaired) electrons. The van der Waals surface area contributed by atoms with Crippen molar-refractivity contribution < 1.29 is 22.7 Å². The van der Waals surface area contributed by atoms with Crippen LogP contribution in [0.15, 0.2) is 42.5 Å². The fraction of sp³-hybridized carbons (Fsp3) is 0.381. The maximum absolute atomic E-state index is 12.3. The third kappa shape index (κ3) is 6.56. The molecule has 0 aliphatic heterocycles. The fourth-order valence-electron chi connectivity index (χ4n) is 2.80. The summed E-state index contributed by atoms with van der Waals surface area (Å²) in [5, 5.41) is 2.77. The summed E-state index contributed by atoms with van der Waals surface area (Å²) < 4.78 is 35.0. The van der Waals surface area contributed by atoms with E-state index in [2.05, 4.69) is 5.32 Å². The minimum Gasteiger partial charge on any atom is -0.493 e. The first kappa shape index (κ1) is 21.8. The van der Waals surface area contributed by atoms with Crippen LogP contribution in [0, 0.1) is 6.92 Å². The van der Waals surface area contributed by atoms with E-state index in [1.165, 1.54) is 0 Å². The highest BCUT2D eigenvalue weighted by molar-refractivity contribution is 7.90. The Hall–Kier alpha value is -2.54. The highest BCUT2D eigenvalue weighted by Gasteiger charge is 2.15. The molecule has 0 atom stereocenters. The number of benzene rings is 2. The number of aryl methyl sites for hydroxylation is 1. The van der Waals surface area contributed by atoms with Gasteiger partial charge in [0, 0.05) is 13.0 Å². The zero-order valence-corrected chi connectivity index (χ0v) is 17.3. The number of carbonyl (C=O) groups excluding carboxylic acids is 1. The predicted octanol–water partition coefficient (Wildman–Crippen LogP) is 2.68.